The van der Waals surface area contributed by atoms with Gasteiger partial charge in [-0.3, -0.25) is 5.17 Å². The summed E-state index contributed by atoms with van der Waals surface area (Å²) in [5.74, 6) is 0.943. The van der Waals surface area contributed by atoms with Gasteiger partial charge in [-0.05, 0) is 11.9 Å². The Morgan fingerprint density at radius 2 is 2.67 bits per heavy atom. The van der Waals surface area contributed by atoms with Crippen LogP contribution in [0.5, 0.6) is 0 Å². The molecule has 1 rings (SSSR count). The summed E-state index contributed by atoms with van der Waals surface area (Å²) in [6.45, 7) is 0.699. The molecule has 1 heterocycles. The summed E-state index contributed by atoms with van der Waals surface area (Å²) in [5.41, 5.74) is 0. The third-order valence-corrected chi connectivity index (χ3v) is 1.40. The van der Waals surface area contributed by atoms with Crippen LogP contribution < -0.4 is 10.0 Å². The summed E-state index contributed by atoms with van der Waals surface area (Å²) in [5, 5.41) is 10.3. The highest BCUT2D eigenvalue weighted by molar-refractivity contribution is 7.97. The molecule has 0 radical (unpaired) electrons. The fraction of sp³-hybridized carbons (Fsp3) is 1.00. The number of quaternary nitrogens is 1. The van der Waals surface area contributed by atoms with E-state index in [4.69, 9.17) is 0 Å². The molecule has 1 aliphatic heterocycles. The van der Waals surface area contributed by atoms with Crippen molar-refractivity contribution in [1.29, 1.82) is 0 Å². The Kier molecular flexibility index (Phi) is 1.31. The van der Waals surface area contributed by atoms with E-state index in [0.29, 0.717) is 6.54 Å². The molecule has 6 heavy (non-hydrogen) atoms. The van der Waals surface area contributed by atoms with Crippen molar-refractivity contribution < 1.29 is 5.17 Å². The van der Waals surface area contributed by atoms with Crippen LogP contribution in [0.4, 0.5) is 0 Å². The van der Waals surface area contributed by atoms with Crippen molar-refractivity contribution in [3.8, 4) is 0 Å². The van der Waals surface area contributed by atoms with E-state index in [1.807, 2.05) is 0 Å². The van der Waals surface area contributed by atoms with Crippen LogP contribution in [0.25, 0.3) is 0 Å². The molecule has 0 amide bonds. The summed E-state index contributed by atoms with van der Waals surface area (Å²) < 4.78 is 0. The topological polar surface area (TPSA) is 39.5 Å². The molecule has 0 bridgehead atoms. The molecular weight excluding hydrogens is 100 g/mol. The molecule has 4 heteroatoms. The monoisotopic (exact) mass is 106 g/mol. The first-order valence-electron chi connectivity index (χ1n) is 1.80. The first-order chi connectivity index (χ1) is 2.89. The van der Waals surface area contributed by atoms with Gasteiger partial charge in [-0.1, -0.05) is 0 Å². The van der Waals surface area contributed by atoms with Gasteiger partial charge in [0.1, 0.15) is 6.54 Å². The van der Waals surface area contributed by atoms with Gasteiger partial charge in [0, 0.05) is 0 Å². The molecule has 1 atom stereocenters. The Labute approximate surface area is 40.4 Å². The van der Waals surface area contributed by atoms with E-state index in [9.17, 15) is 5.21 Å². The molecular formula is C2H6N2OS. The van der Waals surface area contributed by atoms with Gasteiger partial charge in [0.2, 0.25) is 0 Å². The van der Waals surface area contributed by atoms with Crippen molar-refractivity contribution in [2.45, 2.75) is 0 Å². The highest BCUT2D eigenvalue weighted by Crippen LogP contribution is 1.87. The minimum Gasteiger partial charge on any atom is -0.612 e. The van der Waals surface area contributed by atoms with Gasteiger partial charge in [0.05, 0.1) is 5.75 Å². The van der Waals surface area contributed by atoms with Gasteiger partial charge in [-0.25, -0.2) is 0 Å². The Bertz CT molecular complexity index is 44.8. The molecule has 0 aromatic rings. The van der Waals surface area contributed by atoms with E-state index in [0.717, 1.165) is 5.75 Å². The molecule has 36 valence electrons. The first-order valence-corrected chi connectivity index (χ1v) is 2.79. The molecule has 2 N–H and O–H groups in total. The third kappa shape index (κ3) is 0.844. The lowest BCUT2D eigenvalue weighted by Gasteiger charge is -2.09. The minimum atomic E-state index is 0.167. The molecule has 1 fully saturated rings. The van der Waals surface area contributed by atoms with Crippen molar-refractivity contribution >= 4 is 11.9 Å². The second-order valence-corrected chi connectivity index (χ2v) is 2.02. The van der Waals surface area contributed by atoms with Gasteiger partial charge < -0.3 is 5.21 Å². The first kappa shape index (κ1) is 4.39. The third-order valence-electron chi connectivity index (χ3n) is 0.617. The average Bonchev–Trinajstić information content (AvgIpc) is 1.86. The zero-order valence-electron chi connectivity index (χ0n) is 3.23. The van der Waals surface area contributed by atoms with Crippen molar-refractivity contribution in [1.82, 2.24) is 4.83 Å². The summed E-state index contributed by atoms with van der Waals surface area (Å²) >= 11 is 1.48. The second kappa shape index (κ2) is 1.79. The van der Waals surface area contributed by atoms with Crippen LogP contribution in [0.15, 0.2) is 0 Å². The smallest absolute Gasteiger partial charge is 0.106 e. The summed E-state index contributed by atoms with van der Waals surface area (Å²) in [4.78, 5) is 2.60. The summed E-state index contributed by atoms with van der Waals surface area (Å²) in [6.07, 6.45) is 0. The van der Waals surface area contributed by atoms with Crippen LogP contribution in [-0.4, -0.2) is 12.3 Å². The molecule has 0 aliphatic carbocycles. The van der Waals surface area contributed by atoms with Crippen LogP contribution in [-0.2, 0) is 0 Å². The Morgan fingerprint density at radius 1 is 1.83 bits per heavy atom. The number of nitrogens with one attached hydrogen (secondary N) is 2. The summed E-state index contributed by atoms with van der Waals surface area (Å²) in [7, 11) is 0. The summed E-state index contributed by atoms with van der Waals surface area (Å²) in [6, 6.07) is 0. The number of rotatable bonds is 0. The lowest BCUT2D eigenvalue weighted by Crippen LogP contribution is -3.10. The SMILES string of the molecule is [O-][NH+]1CCSN1. The molecule has 1 aliphatic rings. The molecule has 3 nitrogen and oxygen atoms in total. The van der Waals surface area contributed by atoms with E-state index >= 15 is 0 Å². The maximum Gasteiger partial charge on any atom is 0.106 e. The van der Waals surface area contributed by atoms with Gasteiger partial charge >= 0.3 is 0 Å². The van der Waals surface area contributed by atoms with Crippen molar-refractivity contribution in [2.24, 2.45) is 0 Å². The highest BCUT2D eigenvalue weighted by atomic mass is 32.2. The maximum absolute atomic E-state index is 10.1. The molecule has 0 spiro atoms. The molecule has 1 saturated heterocycles. The molecule has 0 saturated carbocycles. The fourth-order valence-corrected chi connectivity index (χ4v) is 0.979. The van der Waals surface area contributed by atoms with Crippen LogP contribution in [0.1, 0.15) is 0 Å². The standard InChI is InChI=1S/C2H6N2OS/c5-4-1-2-6-3-4/h3-4H,1-2H2. The van der Waals surface area contributed by atoms with Gasteiger partial charge in [-0.15, -0.1) is 4.83 Å². The normalized spacial score (nSPS) is 34.5. The number of hydroxylamine groups is 1. The predicted molar refractivity (Wildman–Crippen MR) is 24.8 cm³/mol. The fourth-order valence-electron chi connectivity index (χ4n) is 0.326. The maximum atomic E-state index is 10.1. The van der Waals surface area contributed by atoms with Gasteiger partial charge in [-0.2, -0.15) is 0 Å². The Balaban J connectivity index is 2.18. The van der Waals surface area contributed by atoms with Gasteiger partial charge in [0.15, 0.2) is 0 Å². The van der Waals surface area contributed by atoms with Crippen LogP contribution in [0.2, 0.25) is 0 Å². The Morgan fingerprint density at radius 3 is 2.83 bits per heavy atom. The zero-order valence-corrected chi connectivity index (χ0v) is 4.05. The minimum absolute atomic E-state index is 0.167. The van der Waals surface area contributed by atoms with Crippen LogP contribution in [0.3, 0.4) is 0 Å². The van der Waals surface area contributed by atoms with E-state index in [2.05, 4.69) is 4.83 Å². The van der Waals surface area contributed by atoms with E-state index < -0.39 is 0 Å². The van der Waals surface area contributed by atoms with Crippen LogP contribution >= 0.6 is 11.9 Å². The lowest BCUT2D eigenvalue weighted by atomic mass is 10.8. The van der Waals surface area contributed by atoms with E-state index in [1.165, 1.54) is 11.9 Å². The van der Waals surface area contributed by atoms with Crippen LogP contribution in [0, 0.1) is 5.21 Å². The molecule has 0 aromatic carbocycles. The lowest BCUT2D eigenvalue weighted by molar-refractivity contribution is -0.870. The van der Waals surface area contributed by atoms with Crippen molar-refractivity contribution in [2.75, 3.05) is 12.3 Å². The zero-order chi connectivity index (χ0) is 4.41. The Hall–Kier alpha value is 0.230. The number of hydrogen-bond donors (Lipinski definition) is 2. The molecule has 1 unspecified atom stereocenters. The largest absolute Gasteiger partial charge is 0.612 e. The average molecular weight is 106 g/mol. The quantitative estimate of drug-likeness (QED) is 0.293. The molecule has 0 aromatic heterocycles. The van der Waals surface area contributed by atoms with Crippen molar-refractivity contribution in [3.05, 3.63) is 5.21 Å². The second-order valence-electron chi connectivity index (χ2n) is 1.12. The van der Waals surface area contributed by atoms with E-state index in [-0.39, 0.29) is 5.17 Å². The number of hydrogen-bond acceptors (Lipinski definition) is 3. The van der Waals surface area contributed by atoms with Crippen molar-refractivity contribution in [3.63, 3.8) is 0 Å². The van der Waals surface area contributed by atoms with E-state index in [1.54, 1.807) is 0 Å². The predicted octanol–water partition coefficient (Wildman–Crippen LogP) is -1.46. The van der Waals surface area contributed by atoms with Gasteiger partial charge in [0.25, 0.3) is 0 Å². The highest BCUT2D eigenvalue weighted by Gasteiger charge is 2.03.